The summed E-state index contributed by atoms with van der Waals surface area (Å²) >= 11 is 1.90. The van der Waals surface area contributed by atoms with Gasteiger partial charge in [0.15, 0.2) is 0 Å². The third-order valence-electron chi connectivity index (χ3n) is 4.76. The first kappa shape index (κ1) is 16.9. The standard InChI is InChI=1S/C18H29NOS/c1-17(2,3)14-6-8-16(9-7-14)21-12-10-15-5-4-11-18(15,19)13-20/h6-9,15,20H,4-5,10-13,19H2,1-3H3. The van der Waals surface area contributed by atoms with Gasteiger partial charge in [-0.25, -0.2) is 0 Å². The second-order valence-electron chi connectivity index (χ2n) is 7.39. The molecule has 1 saturated carbocycles. The molecule has 2 unspecified atom stereocenters. The Bertz CT molecular complexity index is 451. The second-order valence-corrected chi connectivity index (χ2v) is 8.56. The van der Waals surface area contributed by atoms with Crippen LogP contribution in [0.1, 0.15) is 52.0 Å². The molecule has 118 valence electrons. The Hall–Kier alpha value is -0.510. The first-order valence-electron chi connectivity index (χ1n) is 7.98. The Morgan fingerprint density at radius 1 is 1.29 bits per heavy atom. The van der Waals surface area contributed by atoms with Crippen LogP contribution in [0.2, 0.25) is 0 Å². The van der Waals surface area contributed by atoms with Crippen LogP contribution in [0.25, 0.3) is 0 Å². The van der Waals surface area contributed by atoms with Gasteiger partial charge in [-0.1, -0.05) is 39.3 Å². The molecule has 1 aromatic rings. The topological polar surface area (TPSA) is 46.2 Å². The number of aliphatic hydroxyl groups is 1. The molecule has 3 N–H and O–H groups in total. The molecule has 1 aliphatic carbocycles. The number of hydrogen-bond donors (Lipinski definition) is 2. The van der Waals surface area contributed by atoms with E-state index in [0.29, 0.717) is 5.92 Å². The number of hydrogen-bond acceptors (Lipinski definition) is 3. The molecule has 0 spiro atoms. The molecule has 0 amide bonds. The highest BCUT2D eigenvalue weighted by atomic mass is 32.2. The van der Waals surface area contributed by atoms with Crippen LogP contribution in [-0.2, 0) is 5.41 Å². The molecule has 2 atom stereocenters. The van der Waals surface area contributed by atoms with Gasteiger partial charge in [-0.3, -0.25) is 0 Å². The van der Waals surface area contributed by atoms with Crippen LogP contribution in [0.3, 0.4) is 0 Å². The minimum Gasteiger partial charge on any atom is -0.394 e. The summed E-state index contributed by atoms with van der Waals surface area (Å²) in [6.07, 6.45) is 4.40. The van der Waals surface area contributed by atoms with E-state index in [9.17, 15) is 5.11 Å². The normalized spacial score (nSPS) is 26.2. The highest BCUT2D eigenvalue weighted by molar-refractivity contribution is 7.99. The molecule has 0 aliphatic heterocycles. The van der Waals surface area contributed by atoms with Crippen molar-refractivity contribution in [1.29, 1.82) is 0 Å². The second kappa shape index (κ2) is 6.72. The van der Waals surface area contributed by atoms with Crippen LogP contribution < -0.4 is 5.73 Å². The number of aliphatic hydroxyl groups excluding tert-OH is 1. The Morgan fingerprint density at radius 2 is 1.95 bits per heavy atom. The van der Waals surface area contributed by atoms with Gasteiger partial charge in [-0.2, -0.15) is 0 Å². The van der Waals surface area contributed by atoms with E-state index >= 15 is 0 Å². The van der Waals surface area contributed by atoms with Crippen molar-refractivity contribution < 1.29 is 5.11 Å². The molecule has 0 radical (unpaired) electrons. The third-order valence-corrected chi connectivity index (χ3v) is 5.80. The molecule has 2 nitrogen and oxygen atoms in total. The largest absolute Gasteiger partial charge is 0.394 e. The maximum atomic E-state index is 9.49. The molecule has 0 aromatic heterocycles. The Labute approximate surface area is 133 Å². The minimum absolute atomic E-state index is 0.128. The number of rotatable bonds is 5. The number of benzene rings is 1. The van der Waals surface area contributed by atoms with E-state index in [1.165, 1.54) is 16.9 Å². The van der Waals surface area contributed by atoms with Crippen molar-refractivity contribution in [3.8, 4) is 0 Å². The maximum absolute atomic E-state index is 9.49. The summed E-state index contributed by atoms with van der Waals surface area (Å²) in [5, 5.41) is 9.49. The zero-order chi connectivity index (χ0) is 15.5. The van der Waals surface area contributed by atoms with Crippen molar-refractivity contribution in [3.05, 3.63) is 29.8 Å². The van der Waals surface area contributed by atoms with Gasteiger partial charge in [0.25, 0.3) is 0 Å². The fraction of sp³-hybridized carbons (Fsp3) is 0.667. The molecule has 3 heteroatoms. The first-order valence-corrected chi connectivity index (χ1v) is 8.97. The van der Waals surface area contributed by atoms with Crippen molar-refractivity contribution in [2.24, 2.45) is 11.7 Å². The lowest BCUT2D eigenvalue weighted by Gasteiger charge is -2.29. The van der Waals surface area contributed by atoms with Gasteiger partial charge in [0.05, 0.1) is 6.61 Å². The molecule has 0 bridgehead atoms. The van der Waals surface area contributed by atoms with Crippen LogP contribution in [0.4, 0.5) is 0 Å². The van der Waals surface area contributed by atoms with Crippen molar-refractivity contribution in [2.75, 3.05) is 12.4 Å². The van der Waals surface area contributed by atoms with Crippen LogP contribution in [0.15, 0.2) is 29.2 Å². The van der Waals surface area contributed by atoms with Crippen molar-refractivity contribution in [2.45, 2.75) is 62.3 Å². The molecule has 0 heterocycles. The van der Waals surface area contributed by atoms with E-state index in [1.807, 2.05) is 11.8 Å². The molecule has 1 aliphatic rings. The Morgan fingerprint density at radius 3 is 2.52 bits per heavy atom. The zero-order valence-corrected chi connectivity index (χ0v) is 14.4. The number of nitrogens with two attached hydrogens (primary N) is 1. The highest BCUT2D eigenvalue weighted by Crippen LogP contribution is 2.37. The first-order chi connectivity index (χ1) is 9.85. The van der Waals surface area contributed by atoms with Gasteiger partial charge in [-0.05, 0) is 54.0 Å². The fourth-order valence-electron chi connectivity index (χ4n) is 3.18. The summed E-state index contributed by atoms with van der Waals surface area (Å²) in [5.74, 6) is 1.56. The van der Waals surface area contributed by atoms with Gasteiger partial charge in [0.1, 0.15) is 0 Å². The summed E-state index contributed by atoms with van der Waals surface area (Å²) in [5.41, 5.74) is 7.56. The summed E-state index contributed by atoms with van der Waals surface area (Å²) in [4.78, 5) is 1.33. The molecule has 21 heavy (non-hydrogen) atoms. The summed E-state index contributed by atoms with van der Waals surface area (Å²) in [7, 11) is 0. The van der Waals surface area contributed by atoms with Crippen LogP contribution in [0.5, 0.6) is 0 Å². The van der Waals surface area contributed by atoms with E-state index in [1.54, 1.807) is 0 Å². The number of thioether (sulfide) groups is 1. The fourth-order valence-corrected chi connectivity index (χ4v) is 4.15. The summed E-state index contributed by atoms with van der Waals surface area (Å²) in [6.45, 7) is 6.85. The van der Waals surface area contributed by atoms with Gasteiger partial charge in [0, 0.05) is 10.4 Å². The summed E-state index contributed by atoms with van der Waals surface area (Å²) < 4.78 is 0. The third kappa shape index (κ3) is 4.24. The lowest BCUT2D eigenvalue weighted by atomic mass is 9.87. The minimum atomic E-state index is -0.323. The van der Waals surface area contributed by atoms with Gasteiger partial charge >= 0.3 is 0 Å². The zero-order valence-electron chi connectivity index (χ0n) is 13.6. The maximum Gasteiger partial charge on any atom is 0.0613 e. The van der Waals surface area contributed by atoms with E-state index < -0.39 is 0 Å². The van der Waals surface area contributed by atoms with Crippen molar-refractivity contribution in [3.63, 3.8) is 0 Å². The van der Waals surface area contributed by atoms with Crippen molar-refractivity contribution >= 4 is 11.8 Å². The quantitative estimate of drug-likeness (QED) is 0.810. The highest BCUT2D eigenvalue weighted by Gasteiger charge is 2.38. The van der Waals surface area contributed by atoms with Gasteiger partial charge in [0.2, 0.25) is 0 Å². The van der Waals surface area contributed by atoms with E-state index in [-0.39, 0.29) is 17.6 Å². The molecular weight excluding hydrogens is 278 g/mol. The van der Waals surface area contributed by atoms with Crippen LogP contribution in [-0.4, -0.2) is 23.0 Å². The van der Waals surface area contributed by atoms with E-state index in [2.05, 4.69) is 45.0 Å². The Balaban J connectivity index is 1.84. The van der Waals surface area contributed by atoms with Crippen molar-refractivity contribution in [1.82, 2.24) is 0 Å². The van der Waals surface area contributed by atoms with Gasteiger partial charge in [-0.15, -0.1) is 11.8 Å². The van der Waals surface area contributed by atoms with Gasteiger partial charge < -0.3 is 10.8 Å². The molecule has 1 fully saturated rings. The van der Waals surface area contributed by atoms with E-state index in [4.69, 9.17) is 5.73 Å². The van der Waals surface area contributed by atoms with Crippen LogP contribution in [0, 0.1) is 5.92 Å². The molecule has 0 saturated heterocycles. The SMILES string of the molecule is CC(C)(C)c1ccc(SCCC2CCCC2(N)CO)cc1. The molecule has 2 rings (SSSR count). The molecule has 1 aromatic carbocycles. The average Bonchev–Trinajstić information content (AvgIpc) is 2.81. The van der Waals surface area contributed by atoms with E-state index in [0.717, 1.165) is 25.0 Å². The predicted molar refractivity (Wildman–Crippen MR) is 91.8 cm³/mol. The smallest absolute Gasteiger partial charge is 0.0613 e. The van der Waals surface area contributed by atoms with Crippen LogP contribution >= 0.6 is 11.8 Å². The lowest BCUT2D eigenvalue weighted by molar-refractivity contribution is 0.158. The lowest BCUT2D eigenvalue weighted by Crippen LogP contribution is -2.47. The Kier molecular flexibility index (Phi) is 5.39. The predicted octanol–water partition coefficient (Wildman–Crippen LogP) is 3.96. The summed E-state index contributed by atoms with van der Waals surface area (Å²) in [6, 6.07) is 8.92. The average molecular weight is 308 g/mol. The molecular formula is C18H29NOS. The monoisotopic (exact) mass is 307 g/mol.